The van der Waals surface area contributed by atoms with Crippen LogP contribution >= 0.6 is 0 Å². The Labute approximate surface area is 105 Å². The molecule has 1 saturated heterocycles. The first kappa shape index (κ1) is 11.5. The highest BCUT2D eigenvalue weighted by Crippen LogP contribution is 2.19. The number of rotatable bonds is 4. The van der Waals surface area contributed by atoms with Crippen molar-refractivity contribution in [1.82, 2.24) is 4.98 Å². The highest BCUT2D eigenvalue weighted by atomic mass is 16.5. The van der Waals surface area contributed by atoms with Gasteiger partial charge < -0.3 is 19.6 Å². The Bertz CT molecular complexity index is 532. The molecule has 2 aromatic rings. The third-order valence-electron chi connectivity index (χ3n) is 3.06. The molecule has 0 amide bonds. The smallest absolute Gasteiger partial charge is 0.221 e. The average Bonchev–Trinajstić information content (AvgIpc) is 2.97. The van der Waals surface area contributed by atoms with Gasteiger partial charge in [-0.3, -0.25) is 0 Å². The molecule has 1 aromatic carbocycles. The summed E-state index contributed by atoms with van der Waals surface area (Å²) in [5.74, 6) is 1.10. The van der Waals surface area contributed by atoms with Crippen LogP contribution in [0.25, 0.3) is 11.1 Å². The van der Waals surface area contributed by atoms with Gasteiger partial charge in [0, 0.05) is 24.3 Å². The third kappa shape index (κ3) is 2.47. The van der Waals surface area contributed by atoms with Gasteiger partial charge in [0.25, 0.3) is 0 Å². The fourth-order valence-electron chi connectivity index (χ4n) is 2.08. The fourth-order valence-corrected chi connectivity index (χ4v) is 2.08. The molecular weight excluding hydrogens is 232 g/mol. The van der Waals surface area contributed by atoms with E-state index in [0.717, 1.165) is 25.2 Å². The number of oxazole rings is 1. The van der Waals surface area contributed by atoms with E-state index in [4.69, 9.17) is 19.6 Å². The van der Waals surface area contributed by atoms with E-state index in [1.54, 1.807) is 6.07 Å². The summed E-state index contributed by atoms with van der Waals surface area (Å²) in [5.41, 5.74) is 7.88. The number of hydrogen-bond donors (Lipinski definition) is 1. The first-order chi connectivity index (χ1) is 8.81. The highest BCUT2D eigenvalue weighted by Gasteiger charge is 2.16. The van der Waals surface area contributed by atoms with E-state index < -0.39 is 0 Å². The molecule has 0 bridgehead atoms. The topological polar surface area (TPSA) is 70.5 Å². The first-order valence-corrected chi connectivity index (χ1v) is 6.12. The molecule has 5 nitrogen and oxygen atoms in total. The number of nitrogen functional groups attached to an aromatic ring is 1. The van der Waals surface area contributed by atoms with E-state index in [0.29, 0.717) is 36.3 Å². The molecule has 0 spiro atoms. The molecule has 96 valence electrons. The second-order valence-electron chi connectivity index (χ2n) is 4.58. The SMILES string of the molecule is Nc1ccc2nc(COCC3CCOC3)oc2c1. The molecule has 1 unspecified atom stereocenters. The monoisotopic (exact) mass is 248 g/mol. The van der Waals surface area contributed by atoms with Gasteiger partial charge >= 0.3 is 0 Å². The number of hydrogen-bond acceptors (Lipinski definition) is 5. The molecule has 1 aromatic heterocycles. The van der Waals surface area contributed by atoms with Gasteiger partial charge in [-0.1, -0.05) is 0 Å². The summed E-state index contributed by atoms with van der Waals surface area (Å²) in [6, 6.07) is 5.43. The Kier molecular flexibility index (Phi) is 3.17. The Morgan fingerprint density at radius 3 is 3.22 bits per heavy atom. The number of benzene rings is 1. The molecule has 0 radical (unpaired) electrons. The molecule has 5 heteroatoms. The number of fused-ring (bicyclic) bond motifs is 1. The van der Waals surface area contributed by atoms with Crippen LogP contribution in [0.1, 0.15) is 12.3 Å². The van der Waals surface area contributed by atoms with Crippen LogP contribution in [0, 0.1) is 5.92 Å². The summed E-state index contributed by atoms with van der Waals surface area (Å²) < 4.78 is 16.5. The van der Waals surface area contributed by atoms with E-state index in [1.165, 1.54) is 0 Å². The van der Waals surface area contributed by atoms with Crippen molar-refractivity contribution < 1.29 is 13.9 Å². The van der Waals surface area contributed by atoms with Gasteiger partial charge in [-0.2, -0.15) is 0 Å². The van der Waals surface area contributed by atoms with Gasteiger partial charge in [-0.05, 0) is 18.6 Å². The lowest BCUT2D eigenvalue weighted by Gasteiger charge is -2.06. The minimum atomic E-state index is 0.394. The molecule has 1 aliphatic heterocycles. The third-order valence-corrected chi connectivity index (χ3v) is 3.06. The lowest BCUT2D eigenvalue weighted by molar-refractivity contribution is 0.0674. The quantitative estimate of drug-likeness (QED) is 0.837. The van der Waals surface area contributed by atoms with Crippen molar-refractivity contribution in [3.05, 3.63) is 24.1 Å². The zero-order chi connectivity index (χ0) is 12.4. The number of nitrogens with zero attached hydrogens (tertiary/aromatic N) is 1. The number of ether oxygens (including phenoxy) is 2. The van der Waals surface area contributed by atoms with Crippen molar-refractivity contribution in [2.45, 2.75) is 13.0 Å². The van der Waals surface area contributed by atoms with E-state index in [9.17, 15) is 0 Å². The van der Waals surface area contributed by atoms with Crippen molar-refractivity contribution in [3.8, 4) is 0 Å². The molecule has 1 fully saturated rings. The van der Waals surface area contributed by atoms with Crippen molar-refractivity contribution in [2.24, 2.45) is 5.92 Å². The molecule has 2 heterocycles. The first-order valence-electron chi connectivity index (χ1n) is 6.12. The summed E-state index contributed by atoms with van der Waals surface area (Å²) in [6.45, 7) is 2.73. The van der Waals surface area contributed by atoms with Gasteiger partial charge in [0.05, 0.1) is 13.2 Å². The van der Waals surface area contributed by atoms with Crippen LogP contribution in [0.15, 0.2) is 22.6 Å². The van der Waals surface area contributed by atoms with Crippen LogP contribution in [-0.2, 0) is 16.1 Å². The van der Waals surface area contributed by atoms with E-state index in [2.05, 4.69) is 4.98 Å². The van der Waals surface area contributed by atoms with E-state index >= 15 is 0 Å². The molecule has 3 rings (SSSR count). The number of nitrogens with two attached hydrogens (primary N) is 1. The summed E-state index contributed by atoms with van der Waals surface area (Å²) in [6.07, 6.45) is 1.07. The second-order valence-corrected chi connectivity index (χ2v) is 4.58. The molecule has 1 atom stereocenters. The zero-order valence-corrected chi connectivity index (χ0v) is 10.1. The Morgan fingerprint density at radius 2 is 2.39 bits per heavy atom. The largest absolute Gasteiger partial charge is 0.438 e. The molecular formula is C13H16N2O3. The molecule has 1 aliphatic rings. The van der Waals surface area contributed by atoms with Crippen LogP contribution in [0.3, 0.4) is 0 Å². The van der Waals surface area contributed by atoms with Crippen molar-refractivity contribution in [3.63, 3.8) is 0 Å². The molecule has 18 heavy (non-hydrogen) atoms. The molecule has 2 N–H and O–H groups in total. The fraction of sp³-hybridized carbons (Fsp3) is 0.462. The van der Waals surface area contributed by atoms with Gasteiger partial charge in [0.1, 0.15) is 12.1 Å². The summed E-state index contributed by atoms with van der Waals surface area (Å²) in [5, 5.41) is 0. The summed E-state index contributed by atoms with van der Waals surface area (Å²) in [7, 11) is 0. The maximum atomic E-state index is 5.68. The predicted molar refractivity (Wildman–Crippen MR) is 67.0 cm³/mol. The number of aromatic nitrogens is 1. The van der Waals surface area contributed by atoms with Gasteiger partial charge in [-0.25, -0.2) is 4.98 Å². The van der Waals surface area contributed by atoms with Crippen molar-refractivity contribution >= 4 is 16.8 Å². The predicted octanol–water partition coefficient (Wildman–Crippen LogP) is 1.96. The maximum Gasteiger partial charge on any atom is 0.221 e. The minimum Gasteiger partial charge on any atom is -0.438 e. The Balaban J connectivity index is 1.60. The Hall–Kier alpha value is -1.59. The normalized spacial score (nSPS) is 19.7. The van der Waals surface area contributed by atoms with Crippen LogP contribution in [0.5, 0.6) is 0 Å². The van der Waals surface area contributed by atoms with Crippen LogP contribution in [0.4, 0.5) is 5.69 Å². The molecule has 0 aliphatic carbocycles. The lowest BCUT2D eigenvalue weighted by atomic mass is 10.1. The Morgan fingerprint density at radius 1 is 1.44 bits per heavy atom. The van der Waals surface area contributed by atoms with Crippen LogP contribution < -0.4 is 5.73 Å². The lowest BCUT2D eigenvalue weighted by Crippen LogP contribution is -2.09. The second kappa shape index (κ2) is 4.96. The van der Waals surface area contributed by atoms with Gasteiger partial charge in [0.15, 0.2) is 5.58 Å². The maximum absolute atomic E-state index is 5.68. The molecule has 0 saturated carbocycles. The van der Waals surface area contributed by atoms with Crippen LogP contribution in [-0.4, -0.2) is 24.8 Å². The zero-order valence-electron chi connectivity index (χ0n) is 10.1. The highest BCUT2D eigenvalue weighted by molar-refractivity contribution is 5.76. The minimum absolute atomic E-state index is 0.394. The van der Waals surface area contributed by atoms with Crippen molar-refractivity contribution in [1.29, 1.82) is 0 Å². The van der Waals surface area contributed by atoms with Gasteiger partial charge in [-0.15, -0.1) is 0 Å². The average molecular weight is 248 g/mol. The number of anilines is 1. The van der Waals surface area contributed by atoms with Crippen molar-refractivity contribution in [2.75, 3.05) is 25.6 Å². The summed E-state index contributed by atoms with van der Waals surface area (Å²) in [4.78, 5) is 4.34. The van der Waals surface area contributed by atoms with Crippen LogP contribution in [0.2, 0.25) is 0 Å². The van der Waals surface area contributed by atoms with E-state index in [1.807, 2.05) is 12.1 Å². The van der Waals surface area contributed by atoms with Gasteiger partial charge in [0.2, 0.25) is 5.89 Å². The van der Waals surface area contributed by atoms with E-state index in [-0.39, 0.29) is 0 Å². The standard InChI is InChI=1S/C13H16N2O3/c14-10-1-2-11-12(5-10)18-13(15-11)8-17-7-9-3-4-16-6-9/h1-2,5,9H,3-4,6-8,14H2. The summed E-state index contributed by atoms with van der Waals surface area (Å²) >= 11 is 0.